The molecule has 1 aliphatic carbocycles. The van der Waals surface area contributed by atoms with E-state index in [0.29, 0.717) is 34.4 Å². The number of imidazole rings is 1. The van der Waals surface area contributed by atoms with Crippen molar-refractivity contribution in [3.8, 4) is 5.69 Å². The summed E-state index contributed by atoms with van der Waals surface area (Å²) >= 11 is 6.39. The maximum Gasteiger partial charge on any atom is 0.337 e. The molecule has 2 fully saturated rings. The highest BCUT2D eigenvalue weighted by molar-refractivity contribution is 6.32. The van der Waals surface area contributed by atoms with Crippen LogP contribution in [0.15, 0.2) is 40.2 Å². The highest BCUT2D eigenvalue weighted by Gasteiger charge is 2.27. The van der Waals surface area contributed by atoms with E-state index in [9.17, 15) is 9.59 Å². The molecule has 1 atom stereocenters. The normalized spacial score (nSPS) is 19.5. The number of para-hydroxylation sites is 1. The van der Waals surface area contributed by atoms with Crippen molar-refractivity contribution >= 4 is 22.8 Å². The number of hydrogen-bond donors (Lipinski definition) is 0. The van der Waals surface area contributed by atoms with E-state index in [-0.39, 0.29) is 18.2 Å². The van der Waals surface area contributed by atoms with Crippen molar-refractivity contribution in [1.82, 2.24) is 18.7 Å². The minimum atomic E-state index is -0.433. The van der Waals surface area contributed by atoms with Crippen LogP contribution < -0.4 is 11.2 Å². The summed E-state index contributed by atoms with van der Waals surface area (Å²) in [6.45, 7) is 1.65. The predicted octanol–water partition coefficient (Wildman–Crippen LogP) is 2.59. The minimum Gasteiger partial charge on any atom is -0.376 e. The largest absolute Gasteiger partial charge is 0.376 e. The molecule has 1 saturated heterocycles. The monoisotopic (exact) mass is 400 g/mol. The third kappa shape index (κ3) is 2.99. The Hall–Kier alpha value is -2.38. The van der Waals surface area contributed by atoms with Crippen LogP contribution in [0, 0.1) is 5.92 Å². The number of halogens is 1. The lowest BCUT2D eigenvalue weighted by Gasteiger charge is -2.16. The molecule has 1 aromatic carbocycles. The van der Waals surface area contributed by atoms with Gasteiger partial charge in [-0.25, -0.2) is 14.3 Å². The summed E-state index contributed by atoms with van der Waals surface area (Å²) in [5.74, 6) is 0.573. The summed E-state index contributed by atoms with van der Waals surface area (Å²) in [5.41, 5.74) is 0.586. The van der Waals surface area contributed by atoms with Gasteiger partial charge in [0.2, 0.25) is 0 Å². The lowest BCUT2D eigenvalue weighted by molar-refractivity contribution is 0.0950. The van der Waals surface area contributed by atoms with E-state index in [1.165, 1.54) is 9.13 Å². The van der Waals surface area contributed by atoms with Crippen LogP contribution in [-0.2, 0) is 17.8 Å². The molecule has 2 aliphatic rings. The molecule has 146 valence electrons. The maximum absolute atomic E-state index is 13.4. The molecule has 7 nitrogen and oxygen atoms in total. The van der Waals surface area contributed by atoms with Crippen molar-refractivity contribution in [2.24, 2.45) is 5.92 Å². The van der Waals surface area contributed by atoms with Gasteiger partial charge in [0.25, 0.3) is 5.56 Å². The Morgan fingerprint density at radius 2 is 1.96 bits per heavy atom. The highest BCUT2D eigenvalue weighted by atomic mass is 35.5. The zero-order valence-corrected chi connectivity index (χ0v) is 16.1. The van der Waals surface area contributed by atoms with Gasteiger partial charge in [-0.05, 0) is 43.7 Å². The Balaban J connectivity index is 1.77. The highest BCUT2D eigenvalue weighted by Crippen LogP contribution is 2.31. The van der Waals surface area contributed by atoms with Crippen molar-refractivity contribution in [3.63, 3.8) is 0 Å². The average Bonchev–Trinajstić information content (AvgIpc) is 3.17. The van der Waals surface area contributed by atoms with Crippen molar-refractivity contribution in [2.75, 3.05) is 6.61 Å². The van der Waals surface area contributed by atoms with Gasteiger partial charge in [0, 0.05) is 13.2 Å². The number of benzene rings is 1. The molecule has 0 N–H and O–H groups in total. The molecule has 1 unspecified atom stereocenters. The standard InChI is InChI=1S/C20H21ClN4O3/c21-15-5-1-2-6-16(15)25-18-17(23(12-22-18)10-13-7-8-13)19(26)24(20(25)27)11-14-4-3-9-28-14/h1-2,5-6,12-14H,3-4,7-11H2. The van der Waals surface area contributed by atoms with E-state index in [1.807, 2.05) is 16.7 Å². The van der Waals surface area contributed by atoms with Gasteiger partial charge >= 0.3 is 5.69 Å². The molecule has 3 aromatic rings. The van der Waals surface area contributed by atoms with Gasteiger partial charge in [-0.2, -0.15) is 0 Å². The van der Waals surface area contributed by atoms with Crippen molar-refractivity contribution in [1.29, 1.82) is 0 Å². The quantitative estimate of drug-likeness (QED) is 0.660. The van der Waals surface area contributed by atoms with E-state index in [4.69, 9.17) is 16.3 Å². The van der Waals surface area contributed by atoms with Crippen molar-refractivity contribution < 1.29 is 4.74 Å². The molecule has 1 saturated carbocycles. The summed E-state index contributed by atoms with van der Waals surface area (Å²) in [6.07, 6.45) is 5.65. The molecule has 3 heterocycles. The fourth-order valence-electron chi connectivity index (χ4n) is 3.90. The third-order valence-electron chi connectivity index (χ3n) is 5.56. The first-order valence-electron chi connectivity index (χ1n) is 9.70. The molecular weight excluding hydrogens is 380 g/mol. The fourth-order valence-corrected chi connectivity index (χ4v) is 4.12. The number of rotatable bonds is 5. The smallest absolute Gasteiger partial charge is 0.337 e. The summed E-state index contributed by atoms with van der Waals surface area (Å²) < 4.78 is 10.3. The lowest BCUT2D eigenvalue weighted by atomic mass is 10.2. The molecule has 8 heteroatoms. The Kier molecular flexibility index (Phi) is 4.36. The zero-order valence-electron chi connectivity index (χ0n) is 15.4. The molecular formula is C20H21ClN4O3. The topological polar surface area (TPSA) is 71.0 Å². The Morgan fingerprint density at radius 3 is 2.68 bits per heavy atom. The third-order valence-corrected chi connectivity index (χ3v) is 5.88. The first kappa shape index (κ1) is 17.7. The van der Waals surface area contributed by atoms with Gasteiger partial charge in [0.15, 0.2) is 11.2 Å². The molecule has 5 rings (SSSR count). The maximum atomic E-state index is 13.4. The van der Waals surface area contributed by atoms with Gasteiger partial charge in [-0.1, -0.05) is 23.7 Å². The van der Waals surface area contributed by atoms with Crippen LogP contribution in [0.1, 0.15) is 25.7 Å². The molecule has 0 amide bonds. The van der Waals surface area contributed by atoms with Crippen LogP contribution in [0.5, 0.6) is 0 Å². The Bertz CT molecular complexity index is 1150. The Labute approximate surface area is 166 Å². The second-order valence-corrected chi connectivity index (χ2v) is 8.04. The van der Waals surface area contributed by atoms with Crippen LogP contribution in [0.4, 0.5) is 0 Å². The molecule has 1 aliphatic heterocycles. The van der Waals surface area contributed by atoms with Crippen molar-refractivity contribution in [2.45, 2.75) is 44.9 Å². The van der Waals surface area contributed by atoms with Crippen LogP contribution in [-0.4, -0.2) is 31.4 Å². The molecule has 28 heavy (non-hydrogen) atoms. The average molecular weight is 401 g/mol. The lowest BCUT2D eigenvalue weighted by Crippen LogP contribution is -2.42. The van der Waals surface area contributed by atoms with E-state index in [2.05, 4.69) is 4.98 Å². The van der Waals surface area contributed by atoms with Crippen LogP contribution in [0.3, 0.4) is 0 Å². The first-order chi connectivity index (χ1) is 13.6. The zero-order chi connectivity index (χ0) is 19.3. The molecule has 0 radical (unpaired) electrons. The summed E-state index contributed by atoms with van der Waals surface area (Å²) in [7, 11) is 0. The number of aromatic nitrogens is 4. The van der Waals surface area contributed by atoms with Gasteiger partial charge in [-0.15, -0.1) is 0 Å². The summed E-state index contributed by atoms with van der Waals surface area (Å²) in [6, 6.07) is 7.12. The number of nitrogens with zero attached hydrogens (tertiary/aromatic N) is 4. The SMILES string of the molecule is O=c1c2c(ncn2CC2CC2)n(-c2ccccc2Cl)c(=O)n1CC1CCCO1. The van der Waals surface area contributed by atoms with E-state index >= 15 is 0 Å². The van der Waals surface area contributed by atoms with Crippen LogP contribution >= 0.6 is 11.6 Å². The van der Waals surface area contributed by atoms with Gasteiger partial charge in [0.1, 0.15) is 0 Å². The number of fused-ring (bicyclic) bond motifs is 1. The van der Waals surface area contributed by atoms with E-state index in [1.54, 1.807) is 18.5 Å². The first-order valence-corrected chi connectivity index (χ1v) is 10.1. The fraction of sp³-hybridized carbons (Fsp3) is 0.450. The van der Waals surface area contributed by atoms with E-state index < -0.39 is 5.69 Å². The van der Waals surface area contributed by atoms with Crippen LogP contribution in [0.2, 0.25) is 5.02 Å². The van der Waals surface area contributed by atoms with Gasteiger partial charge in [0.05, 0.1) is 29.7 Å². The molecule has 0 bridgehead atoms. The Morgan fingerprint density at radius 1 is 1.14 bits per heavy atom. The summed E-state index contributed by atoms with van der Waals surface area (Å²) in [5, 5.41) is 0.435. The minimum absolute atomic E-state index is 0.123. The van der Waals surface area contributed by atoms with Crippen LogP contribution in [0.25, 0.3) is 16.9 Å². The second-order valence-electron chi connectivity index (χ2n) is 7.63. The van der Waals surface area contributed by atoms with E-state index in [0.717, 1.165) is 32.2 Å². The van der Waals surface area contributed by atoms with Gasteiger partial charge in [-0.3, -0.25) is 9.36 Å². The molecule has 0 spiro atoms. The summed E-state index contributed by atoms with van der Waals surface area (Å²) in [4.78, 5) is 31.1. The molecule has 2 aromatic heterocycles. The second kappa shape index (κ2) is 6.90. The number of ether oxygens (including phenoxy) is 1. The predicted molar refractivity (Wildman–Crippen MR) is 106 cm³/mol. The van der Waals surface area contributed by atoms with Crippen molar-refractivity contribution in [3.05, 3.63) is 56.5 Å². The van der Waals surface area contributed by atoms with Gasteiger partial charge < -0.3 is 9.30 Å². The number of hydrogen-bond acceptors (Lipinski definition) is 4.